The lowest BCUT2D eigenvalue weighted by atomic mass is 9.95. The van der Waals surface area contributed by atoms with Crippen LogP contribution in [-0.4, -0.2) is 78.1 Å². The summed E-state index contributed by atoms with van der Waals surface area (Å²) >= 11 is 0. The molecule has 0 radical (unpaired) electrons. The number of carbonyl (C=O) groups excluding carboxylic acids is 3. The quantitative estimate of drug-likeness (QED) is 0.0707. The number of para-hydroxylation sites is 1. The third kappa shape index (κ3) is 11.5. The molecule has 326 valence electrons. The molecule has 0 bridgehead atoms. The molecular weight excluding hydrogens is 791 g/mol. The van der Waals surface area contributed by atoms with Crippen LogP contribution >= 0.6 is 0 Å². The van der Waals surface area contributed by atoms with Crippen LogP contribution in [0.4, 0.5) is 16.2 Å². The minimum Gasteiger partial charge on any atom is -0.506 e. The van der Waals surface area contributed by atoms with Crippen molar-refractivity contribution >= 4 is 40.1 Å². The number of nitrogens with zero attached hydrogens (tertiary/aromatic N) is 2. The van der Waals surface area contributed by atoms with E-state index in [0.29, 0.717) is 42.6 Å². The maximum atomic E-state index is 13.5. The Morgan fingerprint density at radius 1 is 0.873 bits per heavy atom. The normalized spacial score (nSPS) is 14.2. The lowest BCUT2D eigenvalue weighted by Gasteiger charge is -2.32. The lowest BCUT2D eigenvalue weighted by Crippen LogP contribution is -2.40. The Morgan fingerprint density at radius 3 is 2.35 bits per heavy atom. The number of benzene rings is 5. The van der Waals surface area contributed by atoms with Gasteiger partial charge in [-0.15, -0.1) is 0 Å². The second kappa shape index (κ2) is 20.5. The smallest absolute Gasteiger partial charge is 0.411 e. The fourth-order valence-corrected chi connectivity index (χ4v) is 8.39. The number of nitrogens with one attached hydrogen (secondary N) is 3. The van der Waals surface area contributed by atoms with E-state index in [1.807, 2.05) is 97.9 Å². The van der Waals surface area contributed by atoms with Crippen molar-refractivity contribution in [3.05, 3.63) is 159 Å². The molecule has 1 saturated heterocycles. The molecular formula is C52H57N5O6. The molecule has 1 aliphatic heterocycles. The summed E-state index contributed by atoms with van der Waals surface area (Å²) in [7, 11) is 1.77. The first-order valence-electron chi connectivity index (χ1n) is 21.8. The Hall–Kier alpha value is -6.56. The number of Topliss-reactive ketones (excluding diaryl/α,β-unsaturated/α-hetero) is 1. The Morgan fingerprint density at radius 2 is 1.59 bits per heavy atom. The first-order valence-corrected chi connectivity index (χ1v) is 21.8. The van der Waals surface area contributed by atoms with Gasteiger partial charge in [0.25, 0.3) is 0 Å². The number of ketones is 1. The SMILES string of the molecule is Cc1ccc(C(=O)Cc2ccc(CC(C)NC[C@H](C)c3ccc(O)c4[nH]c(=O)ccc34)cc2)cc1N(C)C(=O)CCN1CCC(OC(=O)Nc2ccccc2-c2ccccc2)CC1. The van der Waals surface area contributed by atoms with Gasteiger partial charge in [-0.05, 0) is 91.1 Å². The average molecular weight is 848 g/mol. The molecule has 0 saturated carbocycles. The largest absolute Gasteiger partial charge is 0.506 e. The molecule has 5 aromatic carbocycles. The molecule has 1 fully saturated rings. The van der Waals surface area contributed by atoms with Gasteiger partial charge in [0.05, 0.1) is 11.2 Å². The highest BCUT2D eigenvalue weighted by Crippen LogP contribution is 2.31. The number of ether oxygens (including phenoxy) is 1. The number of aromatic hydroxyl groups is 1. The predicted molar refractivity (Wildman–Crippen MR) is 251 cm³/mol. The number of rotatable bonds is 16. The van der Waals surface area contributed by atoms with E-state index in [1.165, 1.54) is 6.07 Å². The number of fused-ring (bicyclic) bond motifs is 1. The molecule has 1 aromatic heterocycles. The van der Waals surface area contributed by atoms with Crippen LogP contribution in [0.3, 0.4) is 0 Å². The van der Waals surface area contributed by atoms with Crippen LogP contribution in [0.25, 0.3) is 22.0 Å². The number of piperidine rings is 1. The minimum atomic E-state index is -0.469. The van der Waals surface area contributed by atoms with Crippen LogP contribution < -0.4 is 21.1 Å². The molecule has 2 heterocycles. The number of pyridine rings is 1. The number of hydrogen-bond acceptors (Lipinski definition) is 8. The van der Waals surface area contributed by atoms with E-state index in [2.05, 4.69) is 46.5 Å². The summed E-state index contributed by atoms with van der Waals surface area (Å²) in [5.41, 5.74) is 8.18. The van der Waals surface area contributed by atoms with Crippen molar-refractivity contribution in [1.29, 1.82) is 0 Å². The molecule has 2 amide bonds. The molecule has 11 heteroatoms. The summed E-state index contributed by atoms with van der Waals surface area (Å²) in [6, 6.07) is 38.3. The third-order valence-corrected chi connectivity index (χ3v) is 12.1. The summed E-state index contributed by atoms with van der Waals surface area (Å²) in [6.07, 6.45) is 2.09. The van der Waals surface area contributed by atoms with Gasteiger partial charge in [0.1, 0.15) is 11.9 Å². The van der Waals surface area contributed by atoms with Gasteiger partial charge < -0.3 is 29.9 Å². The van der Waals surface area contributed by atoms with Gasteiger partial charge >= 0.3 is 6.09 Å². The second-order valence-electron chi connectivity index (χ2n) is 16.8. The Kier molecular flexibility index (Phi) is 14.5. The van der Waals surface area contributed by atoms with Crippen LogP contribution in [-0.2, 0) is 22.4 Å². The second-order valence-corrected chi connectivity index (χ2v) is 16.8. The van der Waals surface area contributed by atoms with E-state index in [9.17, 15) is 24.3 Å². The number of aromatic nitrogens is 1. The number of phenols is 1. The van der Waals surface area contributed by atoms with Crippen molar-refractivity contribution in [2.24, 2.45) is 0 Å². The number of amides is 2. The molecule has 0 aliphatic carbocycles. The van der Waals surface area contributed by atoms with Crippen LogP contribution in [0.15, 0.2) is 126 Å². The van der Waals surface area contributed by atoms with E-state index < -0.39 is 6.09 Å². The number of phenolic OH excluding ortho intramolecular Hbond substituents is 1. The Labute approximate surface area is 369 Å². The number of H-pyrrole nitrogens is 1. The van der Waals surface area contributed by atoms with Crippen molar-refractivity contribution < 1.29 is 24.2 Å². The van der Waals surface area contributed by atoms with E-state index in [4.69, 9.17) is 4.74 Å². The van der Waals surface area contributed by atoms with E-state index >= 15 is 0 Å². The van der Waals surface area contributed by atoms with Crippen molar-refractivity contribution in [2.75, 3.05) is 43.4 Å². The molecule has 6 aromatic rings. The number of anilines is 2. The van der Waals surface area contributed by atoms with E-state index in [0.717, 1.165) is 70.5 Å². The maximum absolute atomic E-state index is 13.5. The number of aromatic amines is 1. The van der Waals surface area contributed by atoms with Crippen LogP contribution in [0.2, 0.25) is 0 Å². The highest BCUT2D eigenvalue weighted by molar-refractivity contribution is 6.00. The topological polar surface area (TPSA) is 144 Å². The van der Waals surface area contributed by atoms with Crippen LogP contribution in [0.5, 0.6) is 5.75 Å². The number of likely N-dealkylation sites (tertiary alicyclic amines) is 1. The summed E-state index contributed by atoms with van der Waals surface area (Å²) in [6.45, 7) is 8.97. The maximum Gasteiger partial charge on any atom is 0.411 e. The zero-order valence-corrected chi connectivity index (χ0v) is 36.5. The highest BCUT2D eigenvalue weighted by atomic mass is 16.6. The number of aryl methyl sites for hydroxylation is 1. The minimum absolute atomic E-state index is 0.0149. The summed E-state index contributed by atoms with van der Waals surface area (Å²) in [4.78, 5) is 58.3. The van der Waals surface area contributed by atoms with Crippen molar-refractivity contribution in [3.8, 4) is 16.9 Å². The van der Waals surface area contributed by atoms with Crippen molar-refractivity contribution in [1.82, 2.24) is 15.2 Å². The lowest BCUT2D eigenvalue weighted by molar-refractivity contribution is -0.118. The van der Waals surface area contributed by atoms with Gasteiger partial charge in [0.2, 0.25) is 11.5 Å². The van der Waals surface area contributed by atoms with E-state index in [-0.39, 0.29) is 47.5 Å². The first-order chi connectivity index (χ1) is 30.4. The molecule has 7 rings (SSSR count). The third-order valence-electron chi connectivity index (χ3n) is 12.1. The zero-order chi connectivity index (χ0) is 44.5. The average Bonchev–Trinajstić information content (AvgIpc) is 3.29. The van der Waals surface area contributed by atoms with E-state index in [1.54, 1.807) is 24.1 Å². The summed E-state index contributed by atoms with van der Waals surface area (Å²) in [5, 5.41) is 17.6. The summed E-state index contributed by atoms with van der Waals surface area (Å²) in [5.74, 6) is 0.156. The fraction of sp³-hybridized carbons (Fsp3) is 0.308. The Balaban J connectivity index is 0.843. The fourth-order valence-electron chi connectivity index (χ4n) is 8.39. The van der Waals surface area contributed by atoms with Crippen LogP contribution in [0, 0.1) is 6.92 Å². The first kappa shape index (κ1) is 44.5. The van der Waals surface area contributed by atoms with Gasteiger partial charge in [-0.1, -0.05) is 97.9 Å². The van der Waals surface area contributed by atoms with Gasteiger partial charge in [0, 0.05) is 80.4 Å². The molecule has 0 spiro atoms. The monoisotopic (exact) mass is 847 g/mol. The zero-order valence-electron chi connectivity index (χ0n) is 36.5. The van der Waals surface area contributed by atoms with Gasteiger partial charge in [-0.3, -0.25) is 19.7 Å². The van der Waals surface area contributed by atoms with Crippen molar-refractivity contribution in [2.45, 2.75) is 70.9 Å². The predicted octanol–water partition coefficient (Wildman–Crippen LogP) is 9.02. The van der Waals surface area contributed by atoms with Crippen LogP contribution in [0.1, 0.15) is 71.6 Å². The molecule has 1 unspecified atom stereocenters. The highest BCUT2D eigenvalue weighted by Gasteiger charge is 2.24. The van der Waals surface area contributed by atoms with Gasteiger partial charge in [-0.25, -0.2) is 4.79 Å². The molecule has 4 N–H and O–H groups in total. The molecule has 63 heavy (non-hydrogen) atoms. The number of carbonyl (C=O) groups is 3. The van der Waals surface area contributed by atoms with Gasteiger partial charge in [-0.2, -0.15) is 0 Å². The Bertz CT molecular complexity index is 2600. The molecule has 11 nitrogen and oxygen atoms in total. The molecule has 1 aliphatic rings. The standard InChI is InChI=1S/C52H57N5O6/c1-34-14-19-40(48(59)31-38-17-15-37(16-18-38)30-36(3)53-33-35(2)42-20-22-47(58)51-44(42)21-23-49(60)55-51)32-46(34)56(4)50(61)26-29-57-27-24-41(25-28-57)63-52(62)54-45-13-9-8-12-43(45)39-10-6-5-7-11-39/h5-23,32,35-36,41,53,58H,24-31,33H2,1-4H3,(H,54,62)(H,55,60)/t35-,36?/m0/s1. The molecule has 2 atom stereocenters. The number of hydrogen-bond donors (Lipinski definition) is 4. The van der Waals surface area contributed by atoms with Gasteiger partial charge in [0.15, 0.2) is 5.78 Å². The summed E-state index contributed by atoms with van der Waals surface area (Å²) < 4.78 is 5.80. The van der Waals surface area contributed by atoms with Crippen molar-refractivity contribution in [3.63, 3.8) is 0 Å².